The van der Waals surface area contributed by atoms with Gasteiger partial charge in [0, 0.05) is 6.61 Å². The van der Waals surface area contributed by atoms with Crippen LogP contribution in [0.2, 0.25) is 0 Å². The van der Waals surface area contributed by atoms with Gasteiger partial charge in [-0.15, -0.1) is 0 Å². The third-order valence-electron chi connectivity index (χ3n) is 3.77. The molecule has 0 bridgehead atoms. The van der Waals surface area contributed by atoms with Gasteiger partial charge in [0.15, 0.2) is 0 Å². The summed E-state index contributed by atoms with van der Waals surface area (Å²) in [5.74, 6) is 0. The summed E-state index contributed by atoms with van der Waals surface area (Å²) in [6.45, 7) is 5.57. The van der Waals surface area contributed by atoms with Crippen LogP contribution >= 0.6 is 0 Å². The van der Waals surface area contributed by atoms with E-state index in [1.165, 1.54) is 38.8 Å². The summed E-state index contributed by atoms with van der Waals surface area (Å²) in [7, 11) is 2.23. The summed E-state index contributed by atoms with van der Waals surface area (Å²) in [4.78, 5) is 2.44. The lowest BCUT2D eigenvalue weighted by molar-refractivity contribution is -0.0992. The molecular weight excluding hydrogens is 162 g/mol. The molecule has 0 atom stereocenters. The Morgan fingerprint density at radius 2 is 1.92 bits per heavy atom. The molecule has 2 nitrogen and oxygen atoms in total. The molecule has 76 valence electrons. The van der Waals surface area contributed by atoms with Gasteiger partial charge in [-0.1, -0.05) is 0 Å². The number of ether oxygens (including phenoxy) is 1. The number of likely N-dealkylation sites (tertiary alicyclic amines) is 1. The molecule has 0 aromatic rings. The molecule has 2 fully saturated rings. The van der Waals surface area contributed by atoms with E-state index in [2.05, 4.69) is 18.9 Å². The first-order valence-corrected chi connectivity index (χ1v) is 5.54. The maximum absolute atomic E-state index is 5.62. The first-order chi connectivity index (χ1) is 6.24. The minimum Gasteiger partial charge on any atom is -0.378 e. The maximum atomic E-state index is 5.62. The molecule has 0 aromatic heterocycles. The van der Waals surface area contributed by atoms with Crippen LogP contribution in [0.5, 0.6) is 0 Å². The summed E-state index contributed by atoms with van der Waals surface area (Å²) in [6, 6.07) is 0. The van der Waals surface area contributed by atoms with Crippen molar-refractivity contribution in [3.8, 4) is 0 Å². The fourth-order valence-corrected chi connectivity index (χ4v) is 2.76. The molecule has 1 aliphatic carbocycles. The van der Waals surface area contributed by atoms with Crippen molar-refractivity contribution in [2.45, 2.75) is 38.7 Å². The number of nitrogens with zero attached hydrogens (tertiary/aromatic N) is 1. The molecule has 13 heavy (non-hydrogen) atoms. The topological polar surface area (TPSA) is 12.5 Å². The fraction of sp³-hybridized carbons (Fsp3) is 1.00. The highest BCUT2D eigenvalue weighted by Gasteiger charge is 2.45. The predicted molar refractivity (Wildman–Crippen MR) is 53.8 cm³/mol. The lowest BCUT2D eigenvalue weighted by atomic mass is 9.61. The van der Waals surface area contributed by atoms with Gasteiger partial charge in [0.05, 0.1) is 6.10 Å². The molecule has 0 aromatic carbocycles. The Hall–Kier alpha value is -0.0800. The molecule has 1 spiro atoms. The third kappa shape index (κ3) is 1.89. The van der Waals surface area contributed by atoms with E-state index in [0.29, 0.717) is 11.5 Å². The van der Waals surface area contributed by atoms with Crippen LogP contribution in [0.1, 0.15) is 32.6 Å². The van der Waals surface area contributed by atoms with Crippen molar-refractivity contribution in [3.63, 3.8) is 0 Å². The van der Waals surface area contributed by atoms with E-state index in [1.54, 1.807) is 0 Å². The molecule has 0 unspecified atom stereocenters. The lowest BCUT2D eigenvalue weighted by Gasteiger charge is -2.51. The second kappa shape index (κ2) is 3.58. The van der Waals surface area contributed by atoms with Crippen molar-refractivity contribution in [2.24, 2.45) is 5.41 Å². The number of hydrogen-bond acceptors (Lipinski definition) is 2. The van der Waals surface area contributed by atoms with Gasteiger partial charge < -0.3 is 9.64 Å². The highest BCUT2D eigenvalue weighted by atomic mass is 16.5. The second-order valence-electron chi connectivity index (χ2n) is 4.79. The molecule has 0 N–H and O–H groups in total. The van der Waals surface area contributed by atoms with E-state index in [-0.39, 0.29) is 0 Å². The number of piperidine rings is 1. The van der Waals surface area contributed by atoms with Gasteiger partial charge in [-0.05, 0) is 58.2 Å². The smallest absolute Gasteiger partial charge is 0.0585 e. The van der Waals surface area contributed by atoms with Crippen molar-refractivity contribution < 1.29 is 4.74 Å². The van der Waals surface area contributed by atoms with E-state index in [0.717, 1.165) is 6.61 Å². The van der Waals surface area contributed by atoms with Gasteiger partial charge in [-0.2, -0.15) is 0 Å². The Bertz CT molecular complexity index is 165. The normalized spacial score (nSPS) is 29.1. The number of hydrogen-bond donors (Lipinski definition) is 0. The summed E-state index contributed by atoms with van der Waals surface area (Å²) in [5, 5.41) is 0. The molecular formula is C11H21NO. The van der Waals surface area contributed by atoms with Gasteiger partial charge in [-0.3, -0.25) is 0 Å². The van der Waals surface area contributed by atoms with Gasteiger partial charge in [-0.25, -0.2) is 0 Å². The molecule has 1 aliphatic heterocycles. The van der Waals surface area contributed by atoms with Crippen LogP contribution in [0.4, 0.5) is 0 Å². The lowest BCUT2D eigenvalue weighted by Crippen LogP contribution is -2.49. The first-order valence-electron chi connectivity index (χ1n) is 5.54. The van der Waals surface area contributed by atoms with Crippen LogP contribution in [0.15, 0.2) is 0 Å². The van der Waals surface area contributed by atoms with Crippen molar-refractivity contribution in [2.75, 3.05) is 26.7 Å². The quantitative estimate of drug-likeness (QED) is 0.648. The minimum atomic E-state index is 0.591. The van der Waals surface area contributed by atoms with Crippen LogP contribution < -0.4 is 0 Å². The largest absolute Gasteiger partial charge is 0.378 e. The molecule has 0 amide bonds. The first kappa shape index (κ1) is 9.47. The van der Waals surface area contributed by atoms with E-state index in [4.69, 9.17) is 4.74 Å². The van der Waals surface area contributed by atoms with E-state index >= 15 is 0 Å². The molecule has 1 heterocycles. The Kier molecular flexibility index (Phi) is 2.61. The van der Waals surface area contributed by atoms with Gasteiger partial charge in [0.2, 0.25) is 0 Å². The molecule has 1 saturated carbocycles. The Labute approximate surface area is 81.3 Å². The summed E-state index contributed by atoms with van der Waals surface area (Å²) >= 11 is 0. The van der Waals surface area contributed by atoms with Gasteiger partial charge in [0.25, 0.3) is 0 Å². The monoisotopic (exact) mass is 183 g/mol. The standard InChI is InChI=1S/C11H21NO/c1-3-13-10-8-11(9-10)4-6-12(2)7-5-11/h10H,3-9H2,1-2H3. The average Bonchev–Trinajstić information content (AvgIpc) is 2.07. The van der Waals surface area contributed by atoms with Crippen LogP contribution in [-0.2, 0) is 4.74 Å². The Morgan fingerprint density at radius 3 is 2.46 bits per heavy atom. The van der Waals surface area contributed by atoms with E-state index < -0.39 is 0 Å². The van der Waals surface area contributed by atoms with Crippen molar-refractivity contribution in [3.05, 3.63) is 0 Å². The summed E-state index contributed by atoms with van der Waals surface area (Å²) in [5.41, 5.74) is 0.687. The Morgan fingerprint density at radius 1 is 1.31 bits per heavy atom. The van der Waals surface area contributed by atoms with Crippen molar-refractivity contribution in [1.82, 2.24) is 4.90 Å². The maximum Gasteiger partial charge on any atom is 0.0585 e. The molecule has 1 saturated heterocycles. The second-order valence-corrected chi connectivity index (χ2v) is 4.79. The molecule has 2 rings (SSSR count). The van der Waals surface area contributed by atoms with Crippen LogP contribution in [0.25, 0.3) is 0 Å². The van der Waals surface area contributed by atoms with Gasteiger partial charge in [0.1, 0.15) is 0 Å². The van der Waals surface area contributed by atoms with Crippen LogP contribution in [0, 0.1) is 5.41 Å². The van der Waals surface area contributed by atoms with Crippen molar-refractivity contribution in [1.29, 1.82) is 0 Å². The minimum absolute atomic E-state index is 0.591. The van der Waals surface area contributed by atoms with Crippen molar-refractivity contribution >= 4 is 0 Å². The molecule has 0 radical (unpaired) electrons. The van der Waals surface area contributed by atoms with Gasteiger partial charge >= 0.3 is 0 Å². The molecule has 2 heteroatoms. The van der Waals surface area contributed by atoms with E-state index in [9.17, 15) is 0 Å². The SMILES string of the molecule is CCOC1CC2(CCN(C)CC2)C1. The third-order valence-corrected chi connectivity index (χ3v) is 3.77. The highest BCUT2D eigenvalue weighted by molar-refractivity contribution is 4.97. The Balaban J connectivity index is 1.76. The highest BCUT2D eigenvalue weighted by Crippen LogP contribution is 2.49. The zero-order valence-corrected chi connectivity index (χ0v) is 8.88. The van der Waals surface area contributed by atoms with Crippen LogP contribution in [-0.4, -0.2) is 37.7 Å². The van der Waals surface area contributed by atoms with E-state index in [1.807, 2.05) is 0 Å². The van der Waals surface area contributed by atoms with Crippen LogP contribution in [0.3, 0.4) is 0 Å². The molecule has 2 aliphatic rings. The predicted octanol–water partition coefficient (Wildman–Crippen LogP) is 1.90. The zero-order chi connectivity index (χ0) is 9.31. The average molecular weight is 183 g/mol. The number of rotatable bonds is 2. The fourth-order valence-electron chi connectivity index (χ4n) is 2.76. The summed E-state index contributed by atoms with van der Waals surface area (Å²) in [6.07, 6.45) is 6.04. The zero-order valence-electron chi connectivity index (χ0n) is 8.88. The summed E-state index contributed by atoms with van der Waals surface area (Å²) < 4.78 is 5.62.